The van der Waals surface area contributed by atoms with Crippen LogP contribution in [0.5, 0.6) is 0 Å². The molecule has 2 fully saturated rings. The molecule has 0 amide bonds. The molecule has 0 atom stereocenters. The van der Waals surface area contributed by atoms with E-state index in [2.05, 4.69) is 176 Å². The minimum Gasteiger partial charge on any atom is -0.386 e. The van der Waals surface area contributed by atoms with Crippen LogP contribution >= 0.6 is 0 Å². The average Bonchev–Trinajstić information content (AvgIpc) is 3.43. The molecule has 0 bridgehead atoms. The molecule has 2 N–H and O–H groups in total. The number of carbonyl (C=O) groups excluding carboxylic acids is 4. The van der Waals surface area contributed by atoms with Crippen LogP contribution < -0.4 is 0 Å². The highest BCUT2D eigenvalue weighted by Gasteiger charge is 2.33. The summed E-state index contributed by atoms with van der Waals surface area (Å²) in [5, 5.41) is 21.8. The minimum absolute atomic E-state index is 0.0251. The topological polar surface area (TPSA) is 135 Å². The van der Waals surface area contributed by atoms with Crippen molar-refractivity contribution in [3.8, 4) is 22.3 Å². The van der Waals surface area contributed by atoms with E-state index in [1.165, 1.54) is 102 Å². The highest BCUT2D eigenvalue weighted by molar-refractivity contribution is 5.69. The summed E-state index contributed by atoms with van der Waals surface area (Å²) in [5.41, 5.74) is 19.1. The van der Waals surface area contributed by atoms with E-state index in [1.807, 2.05) is 36.9 Å². The Balaban J connectivity index is 0.000000258. The van der Waals surface area contributed by atoms with Gasteiger partial charge < -0.3 is 10.2 Å². The molecule has 8 rings (SSSR count). The van der Waals surface area contributed by atoms with Gasteiger partial charge in [-0.3, -0.25) is 9.97 Å². The Labute approximate surface area is 460 Å². The van der Waals surface area contributed by atoms with Crippen LogP contribution in [0.25, 0.3) is 34.4 Å². The van der Waals surface area contributed by atoms with Crippen molar-refractivity contribution in [3.05, 3.63) is 189 Å². The summed E-state index contributed by atoms with van der Waals surface area (Å²) in [4.78, 5) is 41.4. The summed E-state index contributed by atoms with van der Waals surface area (Å²) >= 11 is 0. The summed E-state index contributed by atoms with van der Waals surface area (Å²) in [6.07, 6.45) is 32.3. The third-order valence-electron chi connectivity index (χ3n) is 16.9. The average molecular weight is 1040 g/mol. The van der Waals surface area contributed by atoms with Gasteiger partial charge in [0.05, 0.1) is 11.2 Å². The van der Waals surface area contributed by atoms with E-state index < -0.39 is 11.2 Å². The number of rotatable bonds is 15. The smallest absolute Gasteiger partial charge is 0.373 e. The van der Waals surface area contributed by atoms with Crippen LogP contribution in [0, 0.1) is 34.6 Å². The Bertz CT molecular complexity index is 2990. The molecule has 2 aliphatic carbocycles. The second-order valence-corrected chi connectivity index (χ2v) is 21.6. The molecule has 2 saturated carbocycles. The van der Waals surface area contributed by atoms with Gasteiger partial charge in [-0.05, 0) is 182 Å². The molecule has 0 spiro atoms. The first-order valence-electron chi connectivity index (χ1n) is 28.1. The Morgan fingerprint density at radius 1 is 0.468 bits per heavy atom. The zero-order chi connectivity index (χ0) is 56.2. The van der Waals surface area contributed by atoms with Crippen LogP contribution in [0.4, 0.5) is 0 Å². The minimum atomic E-state index is -0.634. The van der Waals surface area contributed by atoms with E-state index in [0.717, 1.165) is 83.5 Å². The fourth-order valence-corrected chi connectivity index (χ4v) is 12.0. The van der Waals surface area contributed by atoms with Crippen molar-refractivity contribution in [2.45, 2.75) is 188 Å². The summed E-state index contributed by atoms with van der Waals surface area (Å²) in [6.45, 7) is 22.3. The summed E-state index contributed by atoms with van der Waals surface area (Å²) in [7, 11) is 0. The lowest BCUT2D eigenvalue weighted by atomic mass is 9.69. The van der Waals surface area contributed by atoms with Crippen LogP contribution in [0.1, 0.15) is 191 Å². The molecular weight excluding hydrogens is 953 g/mol. The molecule has 406 valence electrons. The molecule has 0 radical (unpaired) electrons. The van der Waals surface area contributed by atoms with Gasteiger partial charge in [-0.1, -0.05) is 170 Å². The highest BCUT2D eigenvalue weighted by Crippen LogP contribution is 2.43. The van der Waals surface area contributed by atoms with Gasteiger partial charge in [0, 0.05) is 46.7 Å². The van der Waals surface area contributed by atoms with Crippen molar-refractivity contribution in [1.29, 1.82) is 0 Å². The molecule has 4 aromatic carbocycles. The lowest BCUT2D eigenvalue weighted by Crippen LogP contribution is -2.28. The summed E-state index contributed by atoms with van der Waals surface area (Å²) < 4.78 is 0. The Hall–Kier alpha value is -6.66. The van der Waals surface area contributed by atoms with E-state index >= 15 is 0 Å². The highest BCUT2D eigenvalue weighted by atomic mass is 16.3. The van der Waals surface area contributed by atoms with E-state index in [9.17, 15) is 10.2 Å². The first-order chi connectivity index (χ1) is 37.0. The molecule has 2 aliphatic rings. The lowest BCUT2D eigenvalue weighted by molar-refractivity contribution is -0.193. The van der Waals surface area contributed by atoms with Crippen molar-refractivity contribution < 1.29 is 29.4 Å². The molecule has 8 nitrogen and oxygen atoms in total. The number of aliphatic hydroxyl groups is 2. The van der Waals surface area contributed by atoms with Crippen molar-refractivity contribution in [1.82, 2.24) is 9.97 Å². The number of aromatic nitrogens is 2. The van der Waals surface area contributed by atoms with Crippen LogP contribution in [0.15, 0.2) is 122 Å². The molecule has 77 heavy (non-hydrogen) atoms. The number of benzene rings is 4. The third kappa shape index (κ3) is 15.3. The molecule has 6 aromatic rings. The van der Waals surface area contributed by atoms with Gasteiger partial charge in [0.25, 0.3) is 0 Å². The summed E-state index contributed by atoms with van der Waals surface area (Å²) in [6, 6.07) is 32.3. The molecule has 8 heteroatoms. The SMILES string of the molecule is CCC(CC)(c1ccc(/C=C/C2(O)CCCCC2)c(C)c1)c1ccc(-c2cncc(C)c2)c(C)c1.CCc1cncc(-c2ccc(C(CC)(CC)c3ccc(/C=C/C4(O)CCCCC4)c(C)c3)cc2C)c1.O=C=O.O=C=O. The first kappa shape index (κ1) is 61.2. The zero-order valence-corrected chi connectivity index (χ0v) is 47.7. The standard InChI is InChI=1S/C34H43NO.C33H41NO.2CO2/c1-6-27-22-29(24-35-23-27)32-15-14-31(21-26(32)5)34(7-2,8-3)30-13-12-28(25(4)20-30)16-19-33(36)17-10-9-11-18-33;1-6-33(7-2,30-13-14-31(26(5)21-30)28-19-24(3)22-34-23-28)29-12-11-27(25(4)20-29)15-18-32(35)16-9-8-10-17-32;2*2-1-3/h12-16,19-24,36H,6-11,17-18H2,1-5H3;11-15,18-23,35H,6-10,16-17H2,1-5H3;;/b19-16+;18-15+;;. The third-order valence-corrected chi connectivity index (χ3v) is 16.9. The first-order valence-corrected chi connectivity index (χ1v) is 28.1. The number of nitrogens with zero attached hydrogens (tertiary/aromatic N) is 2. The normalized spacial score (nSPS) is 15.0. The Morgan fingerprint density at radius 3 is 1.16 bits per heavy atom. The number of pyridine rings is 2. The fourth-order valence-electron chi connectivity index (χ4n) is 12.0. The Kier molecular flexibility index (Phi) is 22.8. The maximum Gasteiger partial charge on any atom is 0.373 e. The van der Waals surface area contributed by atoms with Crippen LogP contribution in [0.3, 0.4) is 0 Å². The predicted octanol–water partition coefficient (Wildman–Crippen LogP) is 16.1. The number of hydrogen-bond donors (Lipinski definition) is 2. The van der Waals surface area contributed by atoms with E-state index in [-0.39, 0.29) is 23.1 Å². The van der Waals surface area contributed by atoms with E-state index in [4.69, 9.17) is 19.2 Å². The van der Waals surface area contributed by atoms with Gasteiger partial charge in [0.15, 0.2) is 0 Å². The maximum atomic E-state index is 10.9. The van der Waals surface area contributed by atoms with Gasteiger partial charge in [-0.15, -0.1) is 0 Å². The van der Waals surface area contributed by atoms with Crippen molar-refractivity contribution in [2.24, 2.45) is 0 Å². The van der Waals surface area contributed by atoms with Gasteiger partial charge >= 0.3 is 12.3 Å². The lowest BCUT2D eigenvalue weighted by Gasteiger charge is -2.34. The monoisotopic (exact) mass is 1040 g/mol. The van der Waals surface area contributed by atoms with Crippen molar-refractivity contribution >= 4 is 24.5 Å². The second kappa shape index (κ2) is 28.6. The summed E-state index contributed by atoms with van der Waals surface area (Å²) in [5.74, 6) is 0. The van der Waals surface area contributed by atoms with Crippen LogP contribution in [0.2, 0.25) is 0 Å². The largest absolute Gasteiger partial charge is 0.386 e. The molecule has 0 unspecified atom stereocenters. The van der Waals surface area contributed by atoms with Crippen molar-refractivity contribution in [3.63, 3.8) is 0 Å². The predicted molar refractivity (Wildman–Crippen MR) is 312 cm³/mol. The molecule has 2 heterocycles. The maximum absolute atomic E-state index is 10.9. The fraction of sp³-hybridized carbons (Fsp3) is 0.420. The van der Waals surface area contributed by atoms with Crippen molar-refractivity contribution in [2.75, 3.05) is 0 Å². The van der Waals surface area contributed by atoms with Crippen LogP contribution in [-0.4, -0.2) is 43.7 Å². The number of aryl methyl sites for hydroxylation is 6. The molecular formula is C69H84N2O6. The van der Waals surface area contributed by atoms with E-state index in [0.29, 0.717) is 0 Å². The molecule has 0 aliphatic heterocycles. The quantitative estimate of drug-likeness (QED) is 0.104. The van der Waals surface area contributed by atoms with Gasteiger partial charge in [-0.2, -0.15) is 19.2 Å². The molecule has 2 aromatic heterocycles. The van der Waals surface area contributed by atoms with Gasteiger partial charge in [-0.25, -0.2) is 0 Å². The van der Waals surface area contributed by atoms with E-state index in [1.54, 1.807) is 0 Å². The zero-order valence-electron chi connectivity index (χ0n) is 47.7. The second-order valence-electron chi connectivity index (χ2n) is 21.6. The van der Waals surface area contributed by atoms with Gasteiger partial charge in [0.2, 0.25) is 0 Å². The molecule has 0 saturated heterocycles. The van der Waals surface area contributed by atoms with Crippen LogP contribution in [-0.2, 0) is 36.4 Å². The Morgan fingerprint density at radius 2 is 0.818 bits per heavy atom. The van der Waals surface area contributed by atoms with Gasteiger partial charge in [0.1, 0.15) is 0 Å². The number of hydrogen-bond acceptors (Lipinski definition) is 8.